The van der Waals surface area contributed by atoms with E-state index in [1.807, 2.05) is 13.8 Å². The lowest BCUT2D eigenvalue weighted by molar-refractivity contribution is -0.122. The Bertz CT molecular complexity index is 742. The molecule has 0 bridgehead atoms. The molecule has 1 heterocycles. The number of aliphatic hydroxyl groups excluding tert-OH is 1. The van der Waals surface area contributed by atoms with Crippen molar-refractivity contribution >= 4 is 35.8 Å². The van der Waals surface area contributed by atoms with Crippen LogP contribution in [0.2, 0.25) is 0 Å². The van der Waals surface area contributed by atoms with Gasteiger partial charge in [0, 0.05) is 37.8 Å². The van der Waals surface area contributed by atoms with Gasteiger partial charge in [0.05, 0.1) is 27.3 Å². The van der Waals surface area contributed by atoms with Gasteiger partial charge in [-0.1, -0.05) is 6.92 Å². The van der Waals surface area contributed by atoms with Crippen LogP contribution in [-0.2, 0) is 4.79 Å². The third kappa shape index (κ3) is 9.93. The summed E-state index contributed by atoms with van der Waals surface area (Å²) in [6.07, 6.45) is 1.98. The van der Waals surface area contributed by atoms with E-state index in [1.165, 1.54) is 0 Å². The number of rotatable bonds is 11. The minimum atomic E-state index is -0.820. The average molecular weight is 578 g/mol. The maximum Gasteiger partial charge on any atom is 0.234 e. The van der Waals surface area contributed by atoms with Gasteiger partial charge in [-0.2, -0.15) is 0 Å². The number of carbonyl (C=O) groups excluding carboxylic acids is 1. The quantitative estimate of drug-likeness (QED) is 0.181. The Kier molecular flexibility index (Phi) is 14.1. The van der Waals surface area contributed by atoms with E-state index < -0.39 is 6.10 Å². The molecule has 1 aliphatic heterocycles. The van der Waals surface area contributed by atoms with Crippen LogP contribution in [0.4, 0.5) is 0 Å². The third-order valence-electron chi connectivity index (χ3n) is 5.43. The highest BCUT2D eigenvalue weighted by molar-refractivity contribution is 14.0. The van der Waals surface area contributed by atoms with E-state index in [4.69, 9.17) is 9.47 Å². The zero-order valence-electron chi connectivity index (χ0n) is 20.2. The van der Waals surface area contributed by atoms with Crippen LogP contribution < -0.4 is 25.4 Å². The van der Waals surface area contributed by atoms with Gasteiger partial charge in [-0.15, -0.1) is 24.0 Å². The molecule has 0 saturated carbocycles. The Morgan fingerprint density at radius 1 is 1.21 bits per heavy atom. The van der Waals surface area contributed by atoms with E-state index in [2.05, 4.69) is 25.8 Å². The van der Waals surface area contributed by atoms with E-state index in [9.17, 15) is 9.90 Å². The molecular weight excluding hydrogens is 537 g/mol. The van der Waals surface area contributed by atoms with Crippen molar-refractivity contribution in [1.82, 2.24) is 20.9 Å². The zero-order chi connectivity index (χ0) is 23.3. The molecule has 1 aromatic carbocycles. The van der Waals surface area contributed by atoms with Gasteiger partial charge in [0.1, 0.15) is 17.6 Å². The molecule has 0 aromatic heterocycles. The second-order valence-electron chi connectivity index (χ2n) is 7.89. The number of aliphatic imine (C=N–C) groups is 1. The van der Waals surface area contributed by atoms with Crippen molar-refractivity contribution in [3.05, 3.63) is 23.8 Å². The molecule has 1 unspecified atom stereocenters. The number of aliphatic hydroxyl groups is 1. The Labute approximate surface area is 214 Å². The van der Waals surface area contributed by atoms with Crippen molar-refractivity contribution in [3.63, 3.8) is 0 Å². The summed E-state index contributed by atoms with van der Waals surface area (Å²) >= 11 is 0. The number of amides is 1. The van der Waals surface area contributed by atoms with Crippen molar-refractivity contribution in [2.45, 2.75) is 45.3 Å². The van der Waals surface area contributed by atoms with Gasteiger partial charge in [-0.05, 0) is 44.4 Å². The fraction of sp³-hybridized carbons (Fsp3) is 0.652. The Balaban J connectivity index is 0.00000544. The molecule has 1 atom stereocenters. The summed E-state index contributed by atoms with van der Waals surface area (Å²) in [5.74, 6) is 2.02. The highest BCUT2D eigenvalue weighted by Crippen LogP contribution is 2.29. The SMILES string of the molecule is CCCNC(=O)CN1CCC(NC(=NCC(O)c2cc(OC)ccc2OC)NCC)CC1.I. The highest BCUT2D eigenvalue weighted by atomic mass is 127. The second-order valence-corrected chi connectivity index (χ2v) is 7.89. The van der Waals surface area contributed by atoms with Gasteiger partial charge in [0.25, 0.3) is 0 Å². The van der Waals surface area contributed by atoms with Gasteiger partial charge < -0.3 is 30.5 Å². The third-order valence-corrected chi connectivity index (χ3v) is 5.43. The summed E-state index contributed by atoms with van der Waals surface area (Å²) in [6.45, 7) is 7.88. The first-order chi connectivity index (χ1) is 15.5. The van der Waals surface area contributed by atoms with Crippen LogP contribution in [-0.4, -0.2) is 81.4 Å². The first-order valence-electron chi connectivity index (χ1n) is 11.4. The van der Waals surface area contributed by atoms with E-state index in [0.29, 0.717) is 29.6 Å². The van der Waals surface area contributed by atoms with E-state index in [-0.39, 0.29) is 42.5 Å². The smallest absolute Gasteiger partial charge is 0.234 e. The van der Waals surface area contributed by atoms with Gasteiger partial charge in [-0.25, -0.2) is 0 Å². The van der Waals surface area contributed by atoms with Crippen LogP contribution in [0, 0.1) is 0 Å². The largest absolute Gasteiger partial charge is 0.497 e. The number of halogens is 1. The Hall–Kier alpha value is -1.79. The average Bonchev–Trinajstić information content (AvgIpc) is 2.81. The topological polar surface area (TPSA) is 107 Å². The highest BCUT2D eigenvalue weighted by Gasteiger charge is 2.22. The molecule has 1 amide bonds. The monoisotopic (exact) mass is 577 g/mol. The lowest BCUT2D eigenvalue weighted by atomic mass is 10.1. The fourth-order valence-electron chi connectivity index (χ4n) is 3.65. The minimum Gasteiger partial charge on any atom is -0.497 e. The minimum absolute atomic E-state index is 0. The first kappa shape index (κ1) is 29.2. The summed E-state index contributed by atoms with van der Waals surface area (Å²) < 4.78 is 10.6. The van der Waals surface area contributed by atoms with Gasteiger partial charge in [0.15, 0.2) is 5.96 Å². The predicted octanol–water partition coefficient (Wildman–Crippen LogP) is 1.90. The zero-order valence-corrected chi connectivity index (χ0v) is 22.6. The number of benzene rings is 1. The number of nitrogens with one attached hydrogen (secondary N) is 3. The standard InChI is InChI=1S/C23H39N5O4.HI/c1-5-11-25-22(30)16-28-12-9-17(10-13-28)27-23(24-6-2)26-15-20(29)19-14-18(31-3)7-8-21(19)32-4;/h7-8,14,17,20,29H,5-6,9-13,15-16H2,1-4H3,(H,25,30)(H2,24,26,27);1H. The summed E-state index contributed by atoms with van der Waals surface area (Å²) in [5, 5.41) is 20.4. The van der Waals surface area contributed by atoms with Crippen LogP contribution in [0.1, 0.15) is 44.8 Å². The number of methoxy groups -OCH3 is 2. The summed E-state index contributed by atoms with van der Waals surface area (Å²) in [5.41, 5.74) is 0.640. The normalized spacial score (nSPS) is 15.8. The van der Waals surface area contributed by atoms with Crippen LogP contribution in [0.3, 0.4) is 0 Å². The number of hydrogen-bond donors (Lipinski definition) is 4. The number of carbonyl (C=O) groups is 1. The van der Waals surface area contributed by atoms with Crippen molar-refractivity contribution < 1.29 is 19.4 Å². The number of guanidine groups is 1. The molecule has 0 aliphatic carbocycles. The molecule has 188 valence electrons. The molecule has 33 heavy (non-hydrogen) atoms. The Morgan fingerprint density at radius 3 is 2.55 bits per heavy atom. The van der Waals surface area contributed by atoms with Gasteiger partial charge in [0.2, 0.25) is 5.91 Å². The summed E-state index contributed by atoms with van der Waals surface area (Å²) in [7, 11) is 3.17. The van der Waals surface area contributed by atoms with E-state index >= 15 is 0 Å². The number of ether oxygens (including phenoxy) is 2. The molecule has 1 fully saturated rings. The number of piperidine rings is 1. The fourth-order valence-corrected chi connectivity index (χ4v) is 3.65. The molecule has 4 N–H and O–H groups in total. The summed E-state index contributed by atoms with van der Waals surface area (Å²) in [6, 6.07) is 5.61. The number of likely N-dealkylation sites (tertiary alicyclic amines) is 1. The molecular formula is C23H40IN5O4. The van der Waals surface area contributed by atoms with Crippen molar-refractivity contribution in [3.8, 4) is 11.5 Å². The molecule has 1 aromatic rings. The molecule has 0 radical (unpaired) electrons. The van der Waals surface area contributed by atoms with Crippen LogP contribution in [0.15, 0.2) is 23.2 Å². The molecule has 9 nitrogen and oxygen atoms in total. The molecule has 10 heteroatoms. The van der Waals surface area contributed by atoms with Crippen LogP contribution in [0.25, 0.3) is 0 Å². The van der Waals surface area contributed by atoms with E-state index in [1.54, 1.807) is 32.4 Å². The van der Waals surface area contributed by atoms with Crippen LogP contribution >= 0.6 is 24.0 Å². The number of nitrogens with zero attached hydrogens (tertiary/aromatic N) is 2. The van der Waals surface area contributed by atoms with Crippen molar-refractivity contribution in [2.75, 3.05) is 53.5 Å². The van der Waals surface area contributed by atoms with E-state index in [0.717, 1.165) is 45.4 Å². The molecule has 0 spiro atoms. The lowest BCUT2D eigenvalue weighted by Crippen LogP contribution is -2.50. The Morgan fingerprint density at radius 2 is 1.94 bits per heavy atom. The van der Waals surface area contributed by atoms with Crippen molar-refractivity contribution in [2.24, 2.45) is 4.99 Å². The van der Waals surface area contributed by atoms with Crippen LogP contribution in [0.5, 0.6) is 11.5 Å². The summed E-state index contributed by atoms with van der Waals surface area (Å²) in [4.78, 5) is 18.7. The molecule has 1 aliphatic rings. The number of hydrogen-bond acceptors (Lipinski definition) is 6. The maximum atomic E-state index is 11.9. The van der Waals surface area contributed by atoms with Gasteiger partial charge in [-0.3, -0.25) is 14.7 Å². The first-order valence-corrected chi connectivity index (χ1v) is 11.4. The van der Waals surface area contributed by atoms with Gasteiger partial charge >= 0.3 is 0 Å². The molecule has 1 saturated heterocycles. The predicted molar refractivity (Wildman–Crippen MR) is 142 cm³/mol. The second kappa shape index (κ2) is 15.9. The lowest BCUT2D eigenvalue weighted by Gasteiger charge is -2.32. The van der Waals surface area contributed by atoms with Crippen molar-refractivity contribution in [1.29, 1.82) is 0 Å². The molecule has 2 rings (SSSR count). The maximum absolute atomic E-state index is 11.9.